The number of hydrogen-bond donors (Lipinski definition) is 1. The van der Waals surface area contributed by atoms with Crippen molar-refractivity contribution in [2.75, 3.05) is 5.32 Å². The van der Waals surface area contributed by atoms with Crippen LogP contribution in [0.1, 0.15) is 22.3 Å². The number of rotatable bonds is 2. The largest absolute Gasteiger partial charge is 0.338 e. The molecule has 2 aromatic rings. The maximum atomic E-state index is 5.95. The maximum Gasteiger partial charge on any atom is 0.156 e. The van der Waals surface area contributed by atoms with Crippen LogP contribution in [0.3, 0.4) is 0 Å². The lowest BCUT2D eigenvalue weighted by Gasteiger charge is -2.12. The first kappa shape index (κ1) is 14.3. The SMILES string of the molecule is Cc1cc(Nc2nnc(Cl)c(C)c2C)cc(C)c1Br. The Balaban J connectivity index is 2.39. The molecule has 5 heteroatoms. The van der Waals surface area contributed by atoms with Crippen LogP contribution in [0, 0.1) is 27.7 Å². The van der Waals surface area contributed by atoms with Gasteiger partial charge in [0.15, 0.2) is 11.0 Å². The van der Waals surface area contributed by atoms with Crippen LogP contribution in [0.25, 0.3) is 0 Å². The van der Waals surface area contributed by atoms with Crippen molar-refractivity contribution in [3.8, 4) is 0 Å². The summed E-state index contributed by atoms with van der Waals surface area (Å²) in [5.41, 5.74) is 5.32. The van der Waals surface area contributed by atoms with E-state index in [1.54, 1.807) is 0 Å². The molecule has 1 heterocycles. The number of nitrogens with one attached hydrogen (secondary N) is 1. The van der Waals surface area contributed by atoms with Gasteiger partial charge in [-0.1, -0.05) is 27.5 Å². The smallest absolute Gasteiger partial charge is 0.156 e. The van der Waals surface area contributed by atoms with Crippen molar-refractivity contribution in [1.29, 1.82) is 0 Å². The van der Waals surface area contributed by atoms with Crippen LogP contribution in [0.15, 0.2) is 16.6 Å². The predicted octanol–water partition coefficient (Wildman–Crippen LogP) is 4.87. The minimum absolute atomic E-state index is 0.450. The molecule has 100 valence electrons. The highest BCUT2D eigenvalue weighted by atomic mass is 79.9. The molecule has 0 unspecified atom stereocenters. The van der Waals surface area contributed by atoms with E-state index in [1.165, 1.54) is 11.1 Å². The van der Waals surface area contributed by atoms with Gasteiger partial charge in [0, 0.05) is 10.2 Å². The molecule has 0 atom stereocenters. The monoisotopic (exact) mass is 339 g/mol. The topological polar surface area (TPSA) is 37.8 Å². The van der Waals surface area contributed by atoms with Crippen LogP contribution >= 0.6 is 27.5 Å². The van der Waals surface area contributed by atoms with Crippen molar-refractivity contribution in [1.82, 2.24) is 10.2 Å². The number of aryl methyl sites for hydroxylation is 2. The molecule has 1 aromatic heterocycles. The van der Waals surface area contributed by atoms with Crippen molar-refractivity contribution in [2.24, 2.45) is 0 Å². The molecule has 0 bridgehead atoms. The van der Waals surface area contributed by atoms with Gasteiger partial charge in [0.1, 0.15) is 0 Å². The molecular weight excluding hydrogens is 326 g/mol. The van der Waals surface area contributed by atoms with E-state index in [0.29, 0.717) is 5.15 Å². The van der Waals surface area contributed by atoms with Crippen LogP contribution < -0.4 is 5.32 Å². The highest BCUT2D eigenvalue weighted by Gasteiger charge is 2.09. The number of aromatic nitrogens is 2. The number of hydrogen-bond acceptors (Lipinski definition) is 3. The van der Waals surface area contributed by atoms with Gasteiger partial charge in [-0.05, 0) is 62.1 Å². The Morgan fingerprint density at radius 3 is 2.16 bits per heavy atom. The fourth-order valence-electron chi connectivity index (χ4n) is 1.85. The number of nitrogens with zero attached hydrogens (tertiary/aromatic N) is 2. The quantitative estimate of drug-likeness (QED) is 0.847. The van der Waals surface area contributed by atoms with Gasteiger partial charge in [0.05, 0.1) is 0 Å². The molecule has 2 rings (SSSR count). The van der Waals surface area contributed by atoms with Gasteiger partial charge in [0.2, 0.25) is 0 Å². The van der Waals surface area contributed by atoms with E-state index in [0.717, 1.165) is 27.1 Å². The minimum atomic E-state index is 0.450. The van der Waals surface area contributed by atoms with Crippen LogP contribution in [-0.2, 0) is 0 Å². The summed E-state index contributed by atoms with van der Waals surface area (Å²) in [6.07, 6.45) is 0. The highest BCUT2D eigenvalue weighted by molar-refractivity contribution is 9.10. The first-order chi connectivity index (χ1) is 8.90. The molecule has 0 amide bonds. The molecule has 0 saturated heterocycles. The van der Waals surface area contributed by atoms with E-state index >= 15 is 0 Å². The van der Waals surface area contributed by atoms with Crippen molar-refractivity contribution >= 4 is 39.0 Å². The van der Waals surface area contributed by atoms with Crippen LogP contribution in [0.2, 0.25) is 5.15 Å². The van der Waals surface area contributed by atoms with Gasteiger partial charge in [0.25, 0.3) is 0 Å². The number of anilines is 2. The summed E-state index contributed by atoms with van der Waals surface area (Å²) in [6.45, 7) is 8.05. The van der Waals surface area contributed by atoms with Gasteiger partial charge in [-0.3, -0.25) is 0 Å². The lowest BCUT2D eigenvalue weighted by Crippen LogP contribution is -2.02. The third-order valence-corrected chi connectivity index (χ3v) is 4.77. The van der Waals surface area contributed by atoms with E-state index < -0.39 is 0 Å². The van der Waals surface area contributed by atoms with Gasteiger partial charge < -0.3 is 5.32 Å². The normalized spacial score (nSPS) is 10.6. The average Bonchev–Trinajstić information content (AvgIpc) is 2.36. The summed E-state index contributed by atoms with van der Waals surface area (Å²) in [7, 11) is 0. The first-order valence-corrected chi connectivity index (χ1v) is 7.10. The Bertz CT molecular complexity index is 618. The molecule has 0 aliphatic carbocycles. The summed E-state index contributed by atoms with van der Waals surface area (Å²) in [5, 5.41) is 11.8. The molecule has 3 nitrogen and oxygen atoms in total. The second-order valence-corrected chi connectivity index (χ2v) is 5.79. The van der Waals surface area contributed by atoms with Gasteiger partial charge in [-0.25, -0.2) is 0 Å². The molecule has 19 heavy (non-hydrogen) atoms. The van der Waals surface area contributed by atoms with E-state index in [9.17, 15) is 0 Å². The van der Waals surface area contributed by atoms with Crippen molar-refractivity contribution in [2.45, 2.75) is 27.7 Å². The van der Waals surface area contributed by atoms with Gasteiger partial charge in [-0.2, -0.15) is 0 Å². The van der Waals surface area contributed by atoms with Crippen LogP contribution in [0.5, 0.6) is 0 Å². The average molecular weight is 341 g/mol. The van der Waals surface area contributed by atoms with E-state index in [1.807, 2.05) is 13.8 Å². The second-order valence-electron chi connectivity index (χ2n) is 4.64. The molecule has 0 saturated carbocycles. The molecule has 1 N–H and O–H groups in total. The van der Waals surface area contributed by atoms with Crippen molar-refractivity contribution in [3.05, 3.63) is 44.0 Å². The lowest BCUT2D eigenvalue weighted by atomic mass is 10.1. The standard InChI is InChI=1S/C14H15BrClN3/c1-7-5-11(6-8(2)12(7)15)17-14-10(4)9(3)13(16)18-19-14/h5-6H,1-4H3,(H,17,19). The fourth-order valence-corrected chi connectivity index (χ4v) is 2.26. The van der Waals surface area contributed by atoms with Crippen molar-refractivity contribution in [3.63, 3.8) is 0 Å². The summed E-state index contributed by atoms with van der Waals surface area (Å²) in [6, 6.07) is 4.14. The third kappa shape index (κ3) is 2.90. The molecule has 1 aromatic carbocycles. The number of benzene rings is 1. The Labute approximate surface area is 126 Å². The Hall–Kier alpha value is -1.13. The Morgan fingerprint density at radius 2 is 1.58 bits per heavy atom. The van der Waals surface area contributed by atoms with Crippen LogP contribution in [0.4, 0.5) is 11.5 Å². The van der Waals surface area contributed by atoms with E-state index in [4.69, 9.17) is 11.6 Å². The zero-order valence-corrected chi connectivity index (χ0v) is 13.6. The molecule has 0 fully saturated rings. The van der Waals surface area contributed by atoms with E-state index in [2.05, 4.69) is 57.4 Å². The highest BCUT2D eigenvalue weighted by Crippen LogP contribution is 2.28. The molecule has 0 aliphatic rings. The predicted molar refractivity (Wildman–Crippen MR) is 83.4 cm³/mol. The van der Waals surface area contributed by atoms with Crippen LogP contribution in [-0.4, -0.2) is 10.2 Å². The molecule has 0 radical (unpaired) electrons. The van der Waals surface area contributed by atoms with Gasteiger partial charge >= 0.3 is 0 Å². The summed E-state index contributed by atoms with van der Waals surface area (Å²) < 4.78 is 1.13. The van der Waals surface area contributed by atoms with Crippen molar-refractivity contribution < 1.29 is 0 Å². The summed E-state index contributed by atoms with van der Waals surface area (Å²) in [4.78, 5) is 0. The maximum absolute atomic E-state index is 5.95. The summed E-state index contributed by atoms with van der Waals surface area (Å²) >= 11 is 9.51. The zero-order chi connectivity index (χ0) is 14.2. The zero-order valence-electron chi connectivity index (χ0n) is 11.3. The molecular formula is C14H15BrClN3. The number of halogens is 2. The molecule has 0 aliphatic heterocycles. The lowest BCUT2D eigenvalue weighted by molar-refractivity contribution is 1.00. The van der Waals surface area contributed by atoms with E-state index in [-0.39, 0.29) is 0 Å². The fraction of sp³-hybridized carbons (Fsp3) is 0.286. The summed E-state index contributed by atoms with van der Waals surface area (Å²) in [5.74, 6) is 0.739. The molecule has 0 spiro atoms. The third-order valence-electron chi connectivity index (χ3n) is 3.16. The Kier molecular flexibility index (Phi) is 4.11. The second kappa shape index (κ2) is 5.47. The first-order valence-electron chi connectivity index (χ1n) is 5.93. The minimum Gasteiger partial charge on any atom is -0.338 e. The van der Waals surface area contributed by atoms with Gasteiger partial charge in [-0.15, -0.1) is 10.2 Å². The Morgan fingerprint density at radius 1 is 1.00 bits per heavy atom.